The van der Waals surface area contributed by atoms with Crippen molar-refractivity contribution in [3.63, 3.8) is 0 Å². The number of hydrogen-bond donors (Lipinski definition) is 0. The molecule has 0 radical (unpaired) electrons. The van der Waals surface area contributed by atoms with Crippen LogP contribution in [-0.2, 0) is 23.1 Å². The minimum Gasteiger partial charge on any atom is -0.469 e. The van der Waals surface area contributed by atoms with Crippen molar-refractivity contribution in [1.82, 2.24) is 0 Å². The van der Waals surface area contributed by atoms with Crippen molar-refractivity contribution < 1.29 is 23.1 Å². The SMILES string of the molecule is CCCCCC(O[Si](C)(C)C)C(O[Si](C)(C)C)C(/C=C/CCCCCCCC(=O)OC)OC. The smallest absolute Gasteiger partial charge is 0.305 e. The summed E-state index contributed by atoms with van der Waals surface area (Å²) < 4.78 is 24.0. The molecule has 0 heterocycles. The summed E-state index contributed by atoms with van der Waals surface area (Å²) in [5, 5.41) is 0. The summed E-state index contributed by atoms with van der Waals surface area (Å²) in [6.07, 6.45) is 16.0. The molecule has 3 unspecified atom stereocenters. The Kier molecular flexibility index (Phi) is 17.6. The summed E-state index contributed by atoms with van der Waals surface area (Å²) in [4.78, 5) is 11.2. The molecule has 0 aliphatic heterocycles. The van der Waals surface area contributed by atoms with Gasteiger partial charge in [-0.15, -0.1) is 0 Å². The Morgan fingerprint density at radius 3 is 1.97 bits per heavy atom. The molecule has 0 saturated carbocycles. The van der Waals surface area contributed by atoms with Crippen LogP contribution in [0.25, 0.3) is 0 Å². The predicted molar refractivity (Wildman–Crippen MR) is 145 cm³/mol. The summed E-state index contributed by atoms with van der Waals surface area (Å²) >= 11 is 0. The van der Waals surface area contributed by atoms with E-state index in [9.17, 15) is 4.79 Å². The fraction of sp³-hybridized carbons (Fsp3) is 0.885. The van der Waals surface area contributed by atoms with Crippen LogP contribution < -0.4 is 0 Å². The maximum absolute atomic E-state index is 11.2. The second-order valence-corrected chi connectivity index (χ2v) is 19.9. The lowest BCUT2D eigenvalue weighted by Crippen LogP contribution is -2.50. The van der Waals surface area contributed by atoms with Crippen molar-refractivity contribution in [2.24, 2.45) is 0 Å². The van der Waals surface area contributed by atoms with Crippen LogP contribution in [-0.4, -0.2) is 55.1 Å². The van der Waals surface area contributed by atoms with E-state index < -0.39 is 16.6 Å². The second kappa shape index (κ2) is 17.9. The molecular weight excluding hydrogens is 448 g/mol. The molecule has 0 aromatic carbocycles. The zero-order valence-electron chi connectivity index (χ0n) is 23.2. The first kappa shape index (κ1) is 32.5. The molecule has 0 fully saturated rings. The molecule has 0 bridgehead atoms. The molecule has 7 heteroatoms. The van der Waals surface area contributed by atoms with Crippen molar-refractivity contribution in [3.05, 3.63) is 12.2 Å². The number of carbonyl (C=O) groups excluding carboxylic acids is 1. The van der Waals surface area contributed by atoms with Gasteiger partial charge in [0, 0.05) is 13.5 Å². The average molecular weight is 503 g/mol. The van der Waals surface area contributed by atoms with Crippen LogP contribution in [0.15, 0.2) is 12.2 Å². The van der Waals surface area contributed by atoms with Gasteiger partial charge in [-0.25, -0.2) is 0 Å². The van der Waals surface area contributed by atoms with Crippen LogP contribution >= 0.6 is 0 Å². The van der Waals surface area contributed by atoms with Crippen molar-refractivity contribution >= 4 is 22.6 Å². The summed E-state index contributed by atoms with van der Waals surface area (Å²) in [6, 6.07) is 0. The topological polar surface area (TPSA) is 54.0 Å². The van der Waals surface area contributed by atoms with Crippen LogP contribution in [0.2, 0.25) is 39.3 Å². The number of carbonyl (C=O) groups is 1. The Labute approximate surface area is 207 Å². The lowest BCUT2D eigenvalue weighted by molar-refractivity contribution is -0.140. The Morgan fingerprint density at radius 2 is 1.42 bits per heavy atom. The third-order valence-corrected chi connectivity index (χ3v) is 7.34. The Hall–Kier alpha value is -0.476. The van der Waals surface area contributed by atoms with Crippen LogP contribution in [0.4, 0.5) is 0 Å². The van der Waals surface area contributed by atoms with Crippen LogP contribution in [0.5, 0.6) is 0 Å². The minimum absolute atomic E-state index is 0.0688. The largest absolute Gasteiger partial charge is 0.469 e. The summed E-state index contributed by atoms with van der Waals surface area (Å²) in [6.45, 7) is 15.7. The standard InChI is InChI=1S/C26H54O5Si2/c1-10-11-17-21-24(30-32(4,5)6)26(31-33(7,8)9)23(28-2)20-18-15-13-12-14-16-19-22-25(27)29-3/h18,20,23-24,26H,10-17,19,21-22H2,1-9H3/b20-18+. The summed E-state index contributed by atoms with van der Waals surface area (Å²) in [5.41, 5.74) is 0. The Bertz CT molecular complexity index is 526. The molecule has 0 aromatic rings. The zero-order chi connectivity index (χ0) is 25.3. The highest BCUT2D eigenvalue weighted by Gasteiger charge is 2.36. The fourth-order valence-electron chi connectivity index (χ4n) is 3.82. The first-order chi connectivity index (χ1) is 15.4. The molecule has 0 N–H and O–H groups in total. The van der Waals surface area contributed by atoms with Crippen molar-refractivity contribution in [1.29, 1.82) is 0 Å². The third-order valence-electron chi connectivity index (χ3n) is 5.35. The van der Waals surface area contributed by atoms with E-state index in [1.165, 1.54) is 26.4 Å². The molecule has 0 saturated heterocycles. The molecule has 3 atom stereocenters. The van der Waals surface area contributed by atoms with E-state index in [0.717, 1.165) is 44.9 Å². The van der Waals surface area contributed by atoms with E-state index in [1.807, 2.05) is 0 Å². The van der Waals surface area contributed by atoms with Gasteiger partial charge in [-0.3, -0.25) is 4.79 Å². The van der Waals surface area contributed by atoms with Gasteiger partial charge < -0.3 is 18.3 Å². The number of rotatable bonds is 20. The second-order valence-electron chi connectivity index (χ2n) is 11.0. The number of ether oxygens (including phenoxy) is 2. The molecule has 33 heavy (non-hydrogen) atoms. The van der Waals surface area contributed by atoms with Crippen molar-refractivity contribution in [3.8, 4) is 0 Å². The normalized spacial score (nSPS) is 15.5. The third kappa shape index (κ3) is 18.5. The van der Waals surface area contributed by atoms with Gasteiger partial charge in [-0.05, 0) is 65.0 Å². The Balaban J connectivity index is 4.96. The Morgan fingerprint density at radius 1 is 0.818 bits per heavy atom. The van der Waals surface area contributed by atoms with E-state index in [4.69, 9.17) is 13.6 Å². The molecule has 0 aliphatic rings. The van der Waals surface area contributed by atoms with Gasteiger partial charge in [-0.2, -0.15) is 0 Å². The quantitative estimate of drug-likeness (QED) is 0.0747. The van der Waals surface area contributed by atoms with Gasteiger partial charge >= 0.3 is 5.97 Å². The number of hydrogen-bond acceptors (Lipinski definition) is 5. The number of esters is 1. The molecule has 0 amide bonds. The minimum atomic E-state index is -1.78. The number of allylic oxidation sites excluding steroid dienone is 1. The molecular formula is C26H54O5Si2. The van der Waals surface area contributed by atoms with E-state index in [-0.39, 0.29) is 24.3 Å². The van der Waals surface area contributed by atoms with Crippen molar-refractivity contribution in [2.45, 2.75) is 135 Å². The predicted octanol–water partition coefficient (Wildman–Crippen LogP) is 7.48. The average Bonchev–Trinajstić information content (AvgIpc) is 2.71. The molecule has 0 rings (SSSR count). The maximum Gasteiger partial charge on any atom is 0.305 e. The van der Waals surface area contributed by atoms with Gasteiger partial charge in [-0.1, -0.05) is 57.6 Å². The number of unbranched alkanes of at least 4 members (excludes halogenated alkanes) is 7. The van der Waals surface area contributed by atoms with E-state index in [1.54, 1.807) is 7.11 Å². The lowest BCUT2D eigenvalue weighted by Gasteiger charge is -2.39. The molecule has 0 aromatic heterocycles. The highest BCUT2D eigenvalue weighted by Crippen LogP contribution is 2.25. The first-order valence-electron chi connectivity index (χ1n) is 13.1. The van der Waals surface area contributed by atoms with Crippen LogP contribution in [0.3, 0.4) is 0 Å². The lowest BCUT2D eigenvalue weighted by atomic mass is 10.0. The van der Waals surface area contributed by atoms with E-state index in [2.05, 4.69) is 63.1 Å². The first-order valence-corrected chi connectivity index (χ1v) is 19.9. The summed E-state index contributed by atoms with van der Waals surface area (Å²) in [7, 11) is -0.264. The van der Waals surface area contributed by atoms with Gasteiger partial charge in [0.25, 0.3) is 0 Å². The van der Waals surface area contributed by atoms with Gasteiger partial charge in [0.1, 0.15) is 6.10 Å². The highest BCUT2D eigenvalue weighted by atomic mass is 28.4. The monoisotopic (exact) mass is 502 g/mol. The number of methoxy groups -OCH3 is 2. The maximum atomic E-state index is 11.2. The fourth-order valence-corrected chi connectivity index (χ4v) is 6.08. The van der Waals surface area contributed by atoms with Gasteiger partial charge in [0.05, 0.1) is 19.3 Å². The van der Waals surface area contributed by atoms with Crippen molar-refractivity contribution in [2.75, 3.05) is 14.2 Å². The molecule has 5 nitrogen and oxygen atoms in total. The van der Waals surface area contributed by atoms with E-state index >= 15 is 0 Å². The zero-order valence-corrected chi connectivity index (χ0v) is 25.2. The molecule has 0 aliphatic carbocycles. The van der Waals surface area contributed by atoms with E-state index in [0.29, 0.717) is 6.42 Å². The van der Waals surface area contributed by atoms with Crippen LogP contribution in [0.1, 0.15) is 77.6 Å². The van der Waals surface area contributed by atoms with Gasteiger partial charge in [0.15, 0.2) is 16.6 Å². The van der Waals surface area contributed by atoms with Crippen LogP contribution in [0, 0.1) is 0 Å². The highest BCUT2D eigenvalue weighted by molar-refractivity contribution is 6.70. The molecule has 0 spiro atoms. The van der Waals surface area contributed by atoms with Gasteiger partial charge in [0.2, 0.25) is 0 Å². The summed E-state index contributed by atoms with van der Waals surface area (Å²) in [5.74, 6) is -0.107. The molecule has 196 valence electrons.